The fourth-order valence-electron chi connectivity index (χ4n) is 3.38. The molecule has 1 atom stereocenters. The number of hydrogen-bond acceptors (Lipinski definition) is 4. The van der Waals surface area contributed by atoms with E-state index in [4.69, 9.17) is 0 Å². The summed E-state index contributed by atoms with van der Waals surface area (Å²) >= 11 is 0. The maximum absolute atomic E-state index is 13.1. The van der Waals surface area contributed by atoms with Crippen LogP contribution in [0.4, 0.5) is 10.1 Å². The SMILES string of the molecule is CC(C)C(NC(=O)c1ccc(F)cc1)C(=O)N1CCN(c2ccc(O)cc2)CC1. The number of anilines is 1. The van der Waals surface area contributed by atoms with Crippen molar-refractivity contribution in [1.82, 2.24) is 10.2 Å². The molecule has 2 aromatic carbocycles. The van der Waals surface area contributed by atoms with E-state index in [0.717, 1.165) is 5.69 Å². The minimum Gasteiger partial charge on any atom is -0.508 e. The number of aromatic hydroxyl groups is 1. The lowest BCUT2D eigenvalue weighted by Gasteiger charge is -2.38. The van der Waals surface area contributed by atoms with E-state index in [-0.39, 0.29) is 23.5 Å². The van der Waals surface area contributed by atoms with Crippen molar-refractivity contribution in [2.75, 3.05) is 31.1 Å². The molecule has 1 saturated heterocycles. The Balaban J connectivity index is 1.61. The number of halogens is 1. The van der Waals surface area contributed by atoms with Gasteiger partial charge >= 0.3 is 0 Å². The van der Waals surface area contributed by atoms with Crippen molar-refractivity contribution in [2.24, 2.45) is 5.92 Å². The highest BCUT2D eigenvalue weighted by Gasteiger charge is 2.31. The second-order valence-corrected chi connectivity index (χ2v) is 7.53. The van der Waals surface area contributed by atoms with Crippen LogP contribution in [-0.2, 0) is 4.79 Å². The predicted octanol–water partition coefficient (Wildman–Crippen LogP) is 2.63. The molecule has 154 valence electrons. The summed E-state index contributed by atoms with van der Waals surface area (Å²) in [5.74, 6) is -0.772. The number of phenolic OH excluding ortho intramolecular Hbond substituents is 1. The zero-order chi connectivity index (χ0) is 21.0. The van der Waals surface area contributed by atoms with Gasteiger partial charge in [0, 0.05) is 37.4 Å². The van der Waals surface area contributed by atoms with Crippen LogP contribution in [0.15, 0.2) is 48.5 Å². The Morgan fingerprint density at radius 3 is 2.10 bits per heavy atom. The summed E-state index contributed by atoms with van der Waals surface area (Å²) in [6, 6.07) is 11.6. The highest BCUT2D eigenvalue weighted by atomic mass is 19.1. The first kappa shape index (κ1) is 20.6. The highest BCUT2D eigenvalue weighted by Crippen LogP contribution is 2.20. The van der Waals surface area contributed by atoms with Gasteiger partial charge in [-0.1, -0.05) is 13.8 Å². The fourth-order valence-corrected chi connectivity index (χ4v) is 3.38. The topological polar surface area (TPSA) is 72.9 Å². The Morgan fingerprint density at radius 1 is 0.966 bits per heavy atom. The number of piperazine rings is 1. The molecule has 1 aliphatic heterocycles. The summed E-state index contributed by atoms with van der Waals surface area (Å²) in [6.07, 6.45) is 0. The molecule has 3 rings (SSSR count). The summed E-state index contributed by atoms with van der Waals surface area (Å²) in [7, 11) is 0. The molecule has 1 aliphatic rings. The molecule has 29 heavy (non-hydrogen) atoms. The maximum atomic E-state index is 13.1. The number of amides is 2. The van der Waals surface area contributed by atoms with E-state index in [0.29, 0.717) is 31.7 Å². The van der Waals surface area contributed by atoms with E-state index in [9.17, 15) is 19.1 Å². The van der Waals surface area contributed by atoms with E-state index in [1.165, 1.54) is 24.3 Å². The zero-order valence-electron chi connectivity index (χ0n) is 16.6. The van der Waals surface area contributed by atoms with Crippen molar-refractivity contribution < 1.29 is 19.1 Å². The molecule has 0 spiro atoms. The molecule has 0 aliphatic carbocycles. The molecule has 0 bridgehead atoms. The fraction of sp³-hybridized carbons (Fsp3) is 0.364. The number of rotatable bonds is 5. The van der Waals surface area contributed by atoms with Gasteiger partial charge in [0.15, 0.2) is 0 Å². The first-order chi connectivity index (χ1) is 13.8. The normalized spacial score (nSPS) is 15.3. The molecule has 6 nitrogen and oxygen atoms in total. The molecule has 1 fully saturated rings. The van der Waals surface area contributed by atoms with Crippen LogP contribution in [0.3, 0.4) is 0 Å². The monoisotopic (exact) mass is 399 g/mol. The standard InChI is InChI=1S/C22H26FN3O3/c1-15(2)20(24-21(28)16-3-5-17(23)6-4-16)22(29)26-13-11-25(12-14-26)18-7-9-19(27)10-8-18/h3-10,15,20,27H,11-14H2,1-2H3,(H,24,28). The molecule has 0 aromatic heterocycles. The first-order valence-electron chi connectivity index (χ1n) is 9.74. The van der Waals surface area contributed by atoms with Crippen LogP contribution in [0.2, 0.25) is 0 Å². The minimum atomic E-state index is -0.646. The molecular formula is C22H26FN3O3. The van der Waals surface area contributed by atoms with Gasteiger partial charge in [0.2, 0.25) is 5.91 Å². The average molecular weight is 399 g/mol. The van der Waals surface area contributed by atoms with E-state index in [1.807, 2.05) is 26.0 Å². The van der Waals surface area contributed by atoms with Crippen LogP contribution in [-0.4, -0.2) is 54.0 Å². The Bertz CT molecular complexity index is 845. The largest absolute Gasteiger partial charge is 0.508 e. The smallest absolute Gasteiger partial charge is 0.251 e. The van der Waals surface area contributed by atoms with Crippen molar-refractivity contribution >= 4 is 17.5 Å². The number of carbonyl (C=O) groups excluding carboxylic acids is 2. The van der Waals surface area contributed by atoms with Crippen LogP contribution in [0.1, 0.15) is 24.2 Å². The second kappa shape index (κ2) is 8.94. The summed E-state index contributed by atoms with van der Waals surface area (Å²) in [6.45, 7) is 6.23. The van der Waals surface area contributed by atoms with Gasteiger partial charge in [-0.25, -0.2) is 4.39 Å². The number of carbonyl (C=O) groups is 2. The number of phenols is 1. The Morgan fingerprint density at radius 2 is 1.55 bits per heavy atom. The molecule has 0 saturated carbocycles. The number of nitrogens with one attached hydrogen (secondary N) is 1. The minimum absolute atomic E-state index is 0.0815. The van der Waals surface area contributed by atoms with Crippen molar-refractivity contribution in [3.05, 3.63) is 59.9 Å². The average Bonchev–Trinajstić information content (AvgIpc) is 2.72. The van der Waals surface area contributed by atoms with Gasteiger partial charge in [-0.3, -0.25) is 9.59 Å². The van der Waals surface area contributed by atoms with Crippen LogP contribution in [0, 0.1) is 11.7 Å². The number of nitrogens with zero attached hydrogens (tertiary/aromatic N) is 2. The highest BCUT2D eigenvalue weighted by molar-refractivity contribution is 5.97. The Kier molecular flexibility index (Phi) is 6.36. The van der Waals surface area contributed by atoms with Gasteiger partial charge in [0.05, 0.1) is 0 Å². The van der Waals surface area contributed by atoms with Crippen molar-refractivity contribution in [3.63, 3.8) is 0 Å². The van der Waals surface area contributed by atoms with Crippen LogP contribution in [0.5, 0.6) is 5.75 Å². The van der Waals surface area contributed by atoms with Crippen LogP contribution in [0.25, 0.3) is 0 Å². The van der Waals surface area contributed by atoms with Crippen LogP contribution >= 0.6 is 0 Å². The molecule has 2 N–H and O–H groups in total. The zero-order valence-corrected chi connectivity index (χ0v) is 16.6. The van der Waals surface area contributed by atoms with Gasteiger partial charge in [-0.05, 0) is 54.4 Å². The van der Waals surface area contributed by atoms with Gasteiger partial charge in [0.25, 0.3) is 5.91 Å². The van der Waals surface area contributed by atoms with E-state index < -0.39 is 11.9 Å². The van der Waals surface area contributed by atoms with Gasteiger partial charge < -0.3 is 20.2 Å². The summed E-state index contributed by atoms with van der Waals surface area (Å²) in [5, 5.41) is 12.2. The maximum Gasteiger partial charge on any atom is 0.251 e. The van der Waals surface area contributed by atoms with Crippen molar-refractivity contribution in [1.29, 1.82) is 0 Å². The third-order valence-electron chi connectivity index (χ3n) is 5.13. The summed E-state index contributed by atoms with van der Waals surface area (Å²) < 4.78 is 13.1. The van der Waals surface area contributed by atoms with Gasteiger partial charge in [-0.2, -0.15) is 0 Å². The lowest BCUT2D eigenvalue weighted by Crippen LogP contribution is -2.56. The molecule has 2 amide bonds. The lowest BCUT2D eigenvalue weighted by molar-refractivity contribution is -0.134. The van der Waals surface area contributed by atoms with E-state index >= 15 is 0 Å². The first-order valence-corrected chi connectivity index (χ1v) is 9.74. The molecule has 1 heterocycles. The number of benzene rings is 2. The molecule has 2 aromatic rings. The number of hydrogen-bond donors (Lipinski definition) is 2. The lowest BCUT2D eigenvalue weighted by atomic mass is 10.0. The van der Waals surface area contributed by atoms with Crippen LogP contribution < -0.4 is 10.2 Å². The Hall–Kier alpha value is -3.09. The van der Waals surface area contributed by atoms with E-state index in [2.05, 4.69) is 10.2 Å². The molecule has 1 unspecified atom stereocenters. The predicted molar refractivity (Wildman–Crippen MR) is 109 cm³/mol. The molecular weight excluding hydrogens is 373 g/mol. The van der Waals surface area contributed by atoms with Gasteiger partial charge in [-0.15, -0.1) is 0 Å². The summed E-state index contributed by atoms with van der Waals surface area (Å²) in [4.78, 5) is 29.5. The van der Waals surface area contributed by atoms with Gasteiger partial charge in [0.1, 0.15) is 17.6 Å². The van der Waals surface area contributed by atoms with E-state index in [1.54, 1.807) is 17.0 Å². The third kappa shape index (κ3) is 5.04. The van der Waals surface area contributed by atoms with Crippen molar-refractivity contribution in [2.45, 2.75) is 19.9 Å². The molecule has 7 heteroatoms. The summed E-state index contributed by atoms with van der Waals surface area (Å²) in [5.41, 5.74) is 1.32. The third-order valence-corrected chi connectivity index (χ3v) is 5.13. The quantitative estimate of drug-likeness (QED) is 0.811. The molecule has 0 radical (unpaired) electrons. The Labute approximate surface area is 169 Å². The second-order valence-electron chi connectivity index (χ2n) is 7.53. The van der Waals surface area contributed by atoms with Crippen molar-refractivity contribution in [3.8, 4) is 5.75 Å².